The van der Waals surface area contributed by atoms with Crippen LogP contribution in [0.3, 0.4) is 0 Å². The summed E-state index contributed by atoms with van der Waals surface area (Å²) in [6.45, 7) is -0.0504. The maximum atomic E-state index is 12.1. The minimum Gasteiger partial charge on any atom is -0.508 e. The third-order valence-corrected chi connectivity index (χ3v) is 4.34. The van der Waals surface area contributed by atoms with Crippen LogP contribution in [0.15, 0.2) is 47.4 Å². The zero-order valence-corrected chi connectivity index (χ0v) is 12.2. The van der Waals surface area contributed by atoms with E-state index in [0.717, 1.165) is 0 Å². The van der Waals surface area contributed by atoms with Gasteiger partial charge in [0.05, 0.1) is 12.0 Å². The Morgan fingerprint density at radius 2 is 1.86 bits per heavy atom. The van der Waals surface area contributed by atoms with Crippen LogP contribution in [0.5, 0.6) is 11.5 Å². The number of rotatable bonds is 5. The van der Waals surface area contributed by atoms with Crippen LogP contribution < -0.4 is 15.2 Å². The lowest BCUT2D eigenvalue weighted by atomic mass is 10.2. The molecule has 0 bridgehead atoms. The number of phenols is 1. The molecular formula is C14H16N2O4S. The Kier molecular flexibility index (Phi) is 4.35. The molecule has 0 aromatic heterocycles. The molecule has 6 nitrogen and oxygen atoms in total. The summed E-state index contributed by atoms with van der Waals surface area (Å²) >= 11 is 0. The van der Waals surface area contributed by atoms with Gasteiger partial charge in [-0.3, -0.25) is 0 Å². The number of ether oxygens (including phenoxy) is 1. The molecule has 0 saturated carbocycles. The fourth-order valence-corrected chi connectivity index (χ4v) is 2.76. The van der Waals surface area contributed by atoms with Gasteiger partial charge in [-0.1, -0.05) is 0 Å². The normalized spacial score (nSPS) is 11.3. The molecule has 0 amide bonds. The number of nitrogens with one attached hydrogen (secondary N) is 1. The molecule has 0 atom stereocenters. The van der Waals surface area contributed by atoms with E-state index in [0.29, 0.717) is 17.0 Å². The highest BCUT2D eigenvalue weighted by Crippen LogP contribution is 2.21. The second-order valence-corrected chi connectivity index (χ2v) is 6.16. The molecule has 7 heteroatoms. The van der Waals surface area contributed by atoms with Gasteiger partial charge in [-0.05, 0) is 42.5 Å². The molecule has 2 aromatic carbocycles. The number of phenolic OH excluding ortho intramolecular Hbond substituents is 1. The smallest absolute Gasteiger partial charge is 0.240 e. The molecule has 0 aliphatic rings. The summed E-state index contributed by atoms with van der Waals surface area (Å²) in [4.78, 5) is 0.117. The number of benzene rings is 2. The summed E-state index contributed by atoms with van der Waals surface area (Å²) in [5, 5.41) is 9.66. The summed E-state index contributed by atoms with van der Waals surface area (Å²) in [6.07, 6.45) is 0. The Morgan fingerprint density at radius 1 is 1.19 bits per heavy atom. The van der Waals surface area contributed by atoms with Gasteiger partial charge in [0.15, 0.2) is 0 Å². The number of anilines is 1. The van der Waals surface area contributed by atoms with Gasteiger partial charge in [-0.2, -0.15) is 0 Å². The van der Waals surface area contributed by atoms with Gasteiger partial charge in [-0.15, -0.1) is 0 Å². The van der Waals surface area contributed by atoms with Gasteiger partial charge in [-0.25, -0.2) is 13.1 Å². The summed E-state index contributed by atoms with van der Waals surface area (Å²) < 4.78 is 31.7. The molecule has 0 aliphatic carbocycles. The average Bonchev–Trinajstić information content (AvgIpc) is 2.48. The van der Waals surface area contributed by atoms with Crippen molar-refractivity contribution in [2.45, 2.75) is 11.4 Å². The number of hydrogen-bond donors (Lipinski definition) is 3. The predicted octanol–water partition coefficient (Wildman–Crippen LogP) is 1.46. The molecule has 112 valence electrons. The number of sulfonamides is 1. The van der Waals surface area contributed by atoms with Crippen molar-refractivity contribution >= 4 is 15.7 Å². The van der Waals surface area contributed by atoms with E-state index < -0.39 is 10.0 Å². The first-order valence-corrected chi connectivity index (χ1v) is 7.62. The highest BCUT2D eigenvalue weighted by Gasteiger charge is 2.14. The van der Waals surface area contributed by atoms with Crippen LogP contribution in [0.1, 0.15) is 5.56 Å². The van der Waals surface area contributed by atoms with E-state index >= 15 is 0 Å². The van der Waals surface area contributed by atoms with E-state index in [4.69, 9.17) is 10.5 Å². The zero-order chi connectivity index (χ0) is 15.5. The minimum atomic E-state index is -3.67. The van der Waals surface area contributed by atoms with E-state index in [-0.39, 0.29) is 17.2 Å². The van der Waals surface area contributed by atoms with Crippen LogP contribution >= 0.6 is 0 Å². The van der Waals surface area contributed by atoms with Gasteiger partial charge < -0.3 is 15.6 Å². The lowest BCUT2D eigenvalue weighted by molar-refractivity contribution is 0.414. The van der Waals surface area contributed by atoms with Crippen LogP contribution in [-0.4, -0.2) is 20.6 Å². The summed E-state index contributed by atoms with van der Waals surface area (Å²) in [5.41, 5.74) is 6.47. The van der Waals surface area contributed by atoms with Gasteiger partial charge in [0.2, 0.25) is 10.0 Å². The molecule has 0 saturated heterocycles. The largest absolute Gasteiger partial charge is 0.508 e. The lowest BCUT2D eigenvalue weighted by Crippen LogP contribution is -2.23. The molecule has 21 heavy (non-hydrogen) atoms. The second-order valence-electron chi connectivity index (χ2n) is 4.39. The molecule has 0 heterocycles. The first kappa shape index (κ1) is 15.1. The Balaban J connectivity index is 2.15. The van der Waals surface area contributed by atoms with Crippen LogP contribution in [0.4, 0.5) is 5.69 Å². The second kappa shape index (κ2) is 6.02. The van der Waals surface area contributed by atoms with Crippen molar-refractivity contribution in [3.8, 4) is 11.5 Å². The Morgan fingerprint density at radius 3 is 2.48 bits per heavy atom. The monoisotopic (exact) mass is 308 g/mol. The third-order valence-electron chi connectivity index (χ3n) is 2.93. The summed E-state index contributed by atoms with van der Waals surface area (Å²) in [7, 11) is -2.17. The van der Waals surface area contributed by atoms with Crippen molar-refractivity contribution in [3.05, 3.63) is 48.0 Å². The van der Waals surface area contributed by atoms with Crippen LogP contribution in [0.2, 0.25) is 0 Å². The standard InChI is InChI=1S/C14H16N2O4S/c1-20-12-3-5-13(6-4-12)21(18,19)16-9-10-8-11(15)2-7-14(10)17/h2-8,16-17H,9,15H2,1H3. The van der Waals surface area contributed by atoms with E-state index in [1.165, 1.54) is 37.4 Å². The molecule has 0 aliphatic heterocycles. The third kappa shape index (κ3) is 3.65. The van der Waals surface area contributed by atoms with E-state index in [1.807, 2.05) is 0 Å². The van der Waals surface area contributed by atoms with Gasteiger partial charge in [0.1, 0.15) is 11.5 Å². The quantitative estimate of drug-likeness (QED) is 0.573. The maximum Gasteiger partial charge on any atom is 0.240 e. The topological polar surface area (TPSA) is 102 Å². The Labute approximate surface area is 123 Å². The van der Waals surface area contributed by atoms with Crippen molar-refractivity contribution < 1.29 is 18.3 Å². The SMILES string of the molecule is COc1ccc(S(=O)(=O)NCc2cc(N)ccc2O)cc1. The molecule has 2 rings (SSSR count). The zero-order valence-electron chi connectivity index (χ0n) is 11.4. The van der Waals surface area contributed by atoms with E-state index in [2.05, 4.69) is 4.72 Å². The molecule has 0 spiro atoms. The van der Waals surface area contributed by atoms with Crippen molar-refractivity contribution in [1.82, 2.24) is 4.72 Å². The molecule has 4 N–H and O–H groups in total. The Bertz CT molecular complexity index is 727. The van der Waals surface area contributed by atoms with Crippen molar-refractivity contribution in [1.29, 1.82) is 0 Å². The first-order valence-electron chi connectivity index (χ1n) is 6.13. The number of methoxy groups -OCH3 is 1. The fraction of sp³-hybridized carbons (Fsp3) is 0.143. The summed E-state index contributed by atoms with van der Waals surface area (Å²) in [5.74, 6) is 0.559. The van der Waals surface area contributed by atoms with Crippen molar-refractivity contribution in [3.63, 3.8) is 0 Å². The number of nitrogen functional groups attached to an aromatic ring is 1. The van der Waals surface area contributed by atoms with Crippen molar-refractivity contribution in [2.75, 3.05) is 12.8 Å². The fourth-order valence-electron chi connectivity index (χ4n) is 1.76. The predicted molar refractivity (Wildman–Crippen MR) is 79.5 cm³/mol. The number of hydrogen-bond acceptors (Lipinski definition) is 5. The molecule has 2 aromatic rings. The minimum absolute atomic E-state index is 0.0124. The van der Waals surface area contributed by atoms with Crippen LogP contribution in [0.25, 0.3) is 0 Å². The van der Waals surface area contributed by atoms with Gasteiger partial charge in [0.25, 0.3) is 0 Å². The van der Waals surface area contributed by atoms with Gasteiger partial charge in [0, 0.05) is 17.8 Å². The first-order chi connectivity index (χ1) is 9.92. The van der Waals surface area contributed by atoms with Gasteiger partial charge >= 0.3 is 0 Å². The van der Waals surface area contributed by atoms with E-state index in [1.54, 1.807) is 12.1 Å². The highest BCUT2D eigenvalue weighted by molar-refractivity contribution is 7.89. The summed E-state index contributed by atoms with van der Waals surface area (Å²) in [6, 6.07) is 10.5. The Hall–Kier alpha value is -2.25. The number of aromatic hydroxyl groups is 1. The average molecular weight is 308 g/mol. The lowest BCUT2D eigenvalue weighted by Gasteiger charge is -2.09. The molecule has 0 fully saturated rings. The van der Waals surface area contributed by atoms with Crippen molar-refractivity contribution in [2.24, 2.45) is 0 Å². The van der Waals surface area contributed by atoms with Crippen LogP contribution in [0, 0.1) is 0 Å². The number of nitrogens with two attached hydrogens (primary N) is 1. The highest BCUT2D eigenvalue weighted by atomic mass is 32.2. The van der Waals surface area contributed by atoms with Crippen LogP contribution in [-0.2, 0) is 16.6 Å². The molecular weight excluding hydrogens is 292 g/mol. The molecule has 0 radical (unpaired) electrons. The molecule has 0 unspecified atom stereocenters. The maximum absolute atomic E-state index is 12.1. The van der Waals surface area contributed by atoms with E-state index in [9.17, 15) is 13.5 Å².